The summed E-state index contributed by atoms with van der Waals surface area (Å²) in [6.07, 6.45) is -3.51. The maximum atomic E-state index is 13.0. The van der Waals surface area contributed by atoms with Gasteiger partial charge in [-0.3, -0.25) is 9.69 Å². The SMILES string of the molecule is O=C(NCCCN1CCN(c2cccc(C(F)(F)F)c2)CC1)c1ccc(N2CCOCC2)cc1. The summed E-state index contributed by atoms with van der Waals surface area (Å²) in [7, 11) is 0. The fourth-order valence-electron chi connectivity index (χ4n) is 4.36. The van der Waals surface area contributed by atoms with Crippen LogP contribution in [0.3, 0.4) is 0 Å². The van der Waals surface area contributed by atoms with Crippen LogP contribution in [0, 0.1) is 0 Å². The van der Waals surface area contributed by atoms with Crippen LogP contribution in [0.4, 0.5) is 24.5 Å². The molecule has 184 valence electrons. The van der Waals surface area contributed by atoms with Gasteiger partial charge < -0.3 is 19.9 Å². The lowest BCUT2D eigenvalue weighted by Gasteiger charge is -2.36. The average Bonchev–Trinajstić information content (AvgIpc) is 2.87. The van der Waals surface area contributed by atoms with E-state index in [0.29, 0.717) is 30.9 Å². The van der Waals surface area contributed by atoms with Crippen molar-refractivity contribution in [3.8, 4) is 0 Å². The molecule has 2 saturated heterocycles. The van der Waals surface area contributed by atoms with Gasteiger partial charge in [-0.05, 0) is 55.4 Å². The van der Waals surface area contributed by atoms with Crippen molar-refractivity contribution in [3.63, 3.8) is 0 Å². The lowest BCUT2D eigenvalue weighted by molar-refractivity contribution is -0.137. The van der Waals surface area contributed by atoms with Crippen molar-refractivity contribution in [2.75, 3.05) is 75.4 Å². The van der Waals surface area contributed by atoms with Crippen molar-refractivity contribution in [1.29, 1.82) is 0 Å². The smallest absolute Gasteiger partial charge is 0.378 e. The van der Waals surface area contributed by atoms with Crippen molar-refractivity contribution in [2.45, 2.75) is 12.6 Å². The molecule has 1 amide bonds. The Labute approximate surface area is 198 Å². The van der Waals surface area contributed by atoms with Gasteiger partial charge in [-0.15, -0.1) is 0 Å². The fraction of sp³-hybridized carbons (Fsp3) is 0.480. The van der Waals surface area contributed by atoms with E-state index >= 15 is 0 Å². The molecule has 9 heteroatoms. The minimum Gasteiger partial charge on any atom is -0.378 e. The maximum Gasteiger partial charge on any atom is 0.416 e. The van der Waals surface area contributed by atoms with Gasteiger partial charge in [-0.1, -0.05) is 6.07 Å². The molecule has 2 heterocycles. The van der Waals surface area contributed by atoms with Gasteiger partial charge in [0.05, 0.1) is 18.8 Å². The molecular formula is C25H31F3N4O2. The predicted octanol–water partition coefficient (Wildman–Crippen LogP) is 3.48. The highest BCUT2D eigenvalue weighted by Gasteiger charge is 2.31. The summed E-state index contributed by atoms with van der Waals surface area (Å²) < 4.78 is 44.3. The number of carbonyl (C=O) groups is 1. The molecular weight excluding hydrogens is 445 g/mol. The number of rotatable bonds is 7. The van der Waals surface area contributed by atoms with Gasteiger partial charge >= 0.3 is 6.18 Å². The Morgan fingerprint density at radius 3 is 2.24 bits per heavy atom. The highest BCUT2D eigenvalue weighted by Crippen LogP contribution is 2.31. The Kier molecular flexibility index (Phi) is 7.95. The summed E-state index contributed by atoms with van der Waals surface area (Å²) in [5, 5.41) is 2.98. The van der Waals surface area contributed by atoms with Gasteiger partial charge in [0.15, 0.2) is 0 Å². The van der Waals surface area contributed by atoms with Gasteiger partial charge in [0.1, 0.15) is 0 Å². The van der Waals surface area contributed by atoms with Gasteiger partial charge in [-0.25, -0.2) is 0 Å². The first-order valence-corrected chi connectivity index (χ1v) is 11.8. The van der Waals surface area contributed by atoms with Crippen molar-refractivity contribution in [3.05, 3.63) is 59.7 Å². The summed E-state index contributed by atoms with van der Waals surface area (Å²) in [6, 6.07) is 13.2. The van der Waals surface area contributed by atoms with Crippen molar-refractivity contribution >= 4 is 17.3 Å². The standard InChI is InChI=1S/C25H31F3N4O2/c26-25(27,28)21-3-1-4-23(19-21)31-13-11-30(12-14-31)10-2-9-29-24(33)20-5-7-22(8-6-20)32-15-17-34-18-16-32/h1,3-8,19H,2,9-18H2,(H,29,33). The molecule has 4 rings (SSSR count). The molecule has 2 aromatic carbocycles. The number of benzene rings is 2. The number of nitrogens with one attached hydrogen (secondary N) is 1. The Morgan fingerprint density at radius 1 is 0.882 bits per heavy atom. The normalized spacial score (nSPS) is 17.6. The number of ether oxygens (including phenoxy) is 1. The largest absolute Gasteiger partial charge is 0.416 e. The molecule has 0 aliphatic carbocycles. The van der Waals surface area contributed by atoms with Gasteiger partial charge in [0.25, 0.3) is 5.91 Å². The molecule has 1 N–H and O–H groups in total. The van der Waals surface area contributed by atoms with Crippen LogP contribution in [0.2, 0.25) is 0 Å². The molecule has 0 spiro atoms. The second-order valence-electron chi connectivity index (χ2n) is 8.63. The number of piperazine rings is 1. The first-order chi connectivity index (χ1) is 16.4. The van der Waals surface area contributed by atoms with Crippen LogP contribution in [0.15, 0.2) is 48.5 Å². The second-order valence-corrected chi connectivity index (χ2v) is 8.63. The van der Waals surface area contributed by atoms with E-state index in [1.54, 1.807) is 6.07 Å². The highest BCUT2D eigenvalue weighted by atomic mass is 19.4. The first-order valence-electron chi connectivity index (χ1n) is 11.8. The van der Waals surface area contributed by atoms with E-state index in [1.165, 1.54) is 12.1 Å². The number of hydrogen-bond donors (Lipinski definition) is 1. The van der Waals surface area contributed by atoms with E-state index < -0.39 is 11.7 Å². The summed E-state index contributed by atoms with van der Waals surface area (Å²) in [5.74, 6) is -0.0807. The summed E-state index contributed by atoms with van der Waals surface area (Å²) in [4.78, 5) is 19.0. The number of halogens is 3. The lowest BCUT2D eigenvalue weighted by atomic mass is 10.1. The van der Waals surface area contributed by atoms with E-state index in [1.807, 2.05) is 29.2 Å². The molecule has 0 atom stereocenters. The molecule has 0 radical (unpaired) electrons. The lowest BCUT2D eigenvalue weighted by Crippen LogP contribution is -2.47. The minimum absolute atomic E-state index is 0.0807. The van der Waals surface area contributed by atoms with Crippen molar-refractivity contribution in [2.24, 2.45) is 0 Å². The Hall–Kier alpha value is -2.78. The van der Waals surface area contributed by atoms with Crippen LogP contribution in [-0.4, -0.2) is 76.4 Å². The average molecular weight is 477 g/mol. The Morgan fingerprint density at radius 2 is 1.56 bits per heavy atom. The molecule has 0 saturated carbocycles. The van der Waals surface area contributed by atoms with Crippen molar-refractivity contribution in [1.82, 2.24) is 10.2 Å². The van der Waals surface area contributed by atoms with E-state index in [2.05, 4.69) is 15.1 Å². The number of morpholine rings is 1. The third kappa shape index (κ3) is 6.42. The van der Waals surface area contributed by atoms with Gasteiger partial charge in [-0.2, -0.15) is 13.2 Å². The molecule has 2 aliphatic rings. The highest BCUT2D eigenvalue weighted by molar-refractivity contribution is 5.94. The molecule has 2 fully saturated rings. The van der Waals surface area contributed by atoms with E-state index in [4.69, 9.17) is 4.74 Å². The number of amides is 1. The van der Waals surface area contributed by atoms with E-state index in [-0.39, 0.29) is 5.91 Å². The van der Waals surface area contributed by atoms with Gasteiger partial charge in [0.2, 0.25) is 0 Å². The number of hydrogen-bond acceptors (Lipinski definition) is 5. The van der Waals surface area contributed by atoms with E-state index in [0.717, 1.165) is 64.1 Å². The minimum atomic E-state index is -4.33. The molecule has 2 aromatic rings. The number of alkyl halides is 3. The van der Waals surface area contributed by atoms with Crippen LogP contribution >= 0.6 is 0 Å². The van der Waals surface area contributed by atoms with Crippen LogP contribution in [0.1, 0.15) is 22.3 Å². The Balaban J connectivity index is 1.16. The zero-order valence-corrected chi connectivity index (χ0v) is 19.2. The van der Waals surface area contributed by atoms with Crippen LogP contribution in [0.5, 0.6) is 0 Å². The Bertz CT molecular complexity index is 938. The topological polar surface area (TPSA) is 48.1 Å². The monoisotopic (exact) mass is 476 g/mol. The third-order valence-corrected chi connectivity index (χ3v) is 6.35. The molecule has 6 nitrogen and oxygen atoms in total. The number of nitrogens with zero attached hydrogens (tertiary/aromatic N) is 3. The third-order valence-electron chi connectivity index (χ3n) is 6.35. The first kappa shape index (κ1) is 24.3. The molecule has 0 unspecified atom stereocenters. The molecule has 2 aliphatic heterocycles. The predicted molar refractivity (Wildman–Crippen MR) is 127 cm³/mol. The zero-order valence-electron chi connectivity index (χ0n) is 19.2. The summed E-state index contributed by atoms with van der Waals surface area (Å²) in [5.41, 5.74) is 1.75. The maximum absolute atomic E-state index is 13.0. The second kappa shape index (κ2) is 11.1. The summed E-state index contributed by atoms with van der Waals surface area (Å²) >= 11 is 0. The quantitative estimate of drug-likeness (QED) is 0.620. The summed E-state index contributed by atoms with van der Waals surface area (Å²) in [6.45, 7) is 7.53. The fourth-order valence-corrected chi connectivity index (χ4v) is 4.36. The van der Waals surface area contributed by atoms with E-state index in [9.17, 15) is 18.0 Å². The van der Waals surface area contributed by atoms with Crippen LogP contribution < -0.4 is 15.1 Å². The number of anilines is 2. The van der Waals surface area contributed by atoms with Gasteiger partial charge in [0, 0.05) is 62.8 Å². The van der Waals surface area contributed by atoms with Crippen LogP contribution in [0.25, 0.3) is 0 Å². The molecule has 0 bridgehead atoms. The zero-order chi connectivity index (χ0) is 24.0. The van der Waals surface area contributed by atoms with Crippen molar-refractivity contribution < 1.29 is 22.7 Å². The van der Waals surface area contributed by atoms with Crippen LogP contribution in [-0.2, 0) is 10.9 Å². The molecule has 34 heavy (non-hydrogen) atoms. The number of carbonyl (C=O) groups excluding carboxylic acids is 1. The molecule has 0 aromatic heterocycles.